The van der Waals surface area contributed by atoms with Crippen molar-refractivity contribution in [3.63, 3.8) is 0 Å². The lowest BCUT2D eigenvalue weighted by atomic mass is 10.1. The number of rotatable bonds is 5. The number of carboxylic acids is 1. The standard InChI is InChI=1S/C15H16BrNO3/c1-10(14-4-3-7-20-14)17(2)9-11-5-6-12(15(18)19)13(16)8-11/h3-8,10H,9H2,1-2H3,(H,18,19). The number of hydrogen-bond acceptors (Lipinski definition) is 3. The fraction of sp³-hybridized carbons (Fsp3) is 0.267. The number of hydrogen-bond donors (Lipinski definition) is 1. The maximum atomic E-state index is 11.0. The van der Waals surface area contributed by atoms with Crippen molar-refractivity contribution in [2.75, 3.05) is 7.05 Å². The average molecular weight is 338 g/mol. The molecule has 0 aliphatic rings. The second kappa shape index (κ2) is 6.24. The first-order valence-electron chi connectivity index (χ1n) is 6.24. The number of nitrogens with zero attached hydrogens (tertiary/aromatic N) is 1. The van der Waals surface area contributed by atoms with Crippen LogP contribution in [0.15, 0.2) is 45.5 Å². The van der Waals surface area contributed by atoms with E-state index in [4.69, 9.17) is 9.52 Å². The van der Waals surface area contributed by atoms with Crippen LogP contribution in [0.2, 0.25) is 0 Å². The quantitative estimate of drug-likeness (QED) is 0.897. The molecule has 0 spiro atoms. The lowest BCUT2D eigenvalue weighted by Crippen LogP contribution is -2.21. The van der Waals surface area contributed by atoms with Gasteiger partial charge in [-0.1, -0.05) is 6.07 Å². The molecule has 1 heterocycles. The van der Waals surface area contributed by atoms with E-state index in [1.54, 1.807) is 12.3 Å². The smallest absolute Gasteiger partial charge is 0.336 e. The molecule has 2 aromatic rings. The van der Waals surface area contributed by atoms with Crippen LogP contribution in [0.3, 0.4) is 0 Å². The highest BCUT2D eigenvalue weighted by atomic mass is 79.9. The Bertz CT molecular complexity index is 595. The van der Waals surface area contributed by atoms with Gasteiger partial charge in [0.25, 0.3) is 0 Å². The van der Waals surface area contributed by atoms with Crippen molar-refractivity contribution in [1.29, 1.82) is 0 Å². The first-order chi connectivity index (χ1) is 9.49. The van der Waals surface area contributed by atoms with Gasteiger partial charge in [-0.25, -0.2) is 4.79 Å². The van der Waals surface area contributed by atoms with Crippen LogP contribution >= 0.6 is 15.9 Å². The summed E-state index contributed by atoms with van der Waals surface area (Å²) < 4.78 is 6.00. The molecule has 5 heteroatoms. The summed E-state index contributed by atoms with van der Waals surface area (Å²) >= 11 is 3.30. The molecule has 0 aliphatic heterocycles. The van der Waals surface area contributed by atoms with E-state index in [0.717, 1.165) is 11.3 Å². The molecule has 1 aromatic heterocycles. The summed E-state index contributed by atoms with van der Waals surface area (Å²) in [5, 5.41) is 9.00. The van der Waals surface area contributed by atoms with Crippen LogP contribution in [0.1, 0.15) is 34.6 Å². The first kappa shape index (κ1) is 14.8. The SMILES string of the molecule is CC(c1ccco1)N(C)Cc1ccc(C(=O)O)c(Br)c1. The first-order valence-corrected chi connectivity index (χ1v) is 7.03. The van der Waals surface area contributed by atoms with Gasteiger partial charge in [0.2, 0.25) is 0 Å². The van der Waals surface area contributed by atoms with E-state index in [1.807, 2.05) is 31.3 Å². The summed E-state index contributed by atoms with van der Waals surface area (Å²) in [6, 6.07) is 9.27. The Morgan fingerprint density at radius 1 is 1.45 bits per heavy atom. The zero-order valence-corrected chi connectivity index (χ0v) is 12.9. The molecular weight excluding hydrogens is 322 g/mol. The van der Waals surface area contributed by atoms with Crippen molar-refractivity contribution in [3.05, 3.63) is 58.0 Å². The molecule has 20 heavy (non-hydrogen) atoms. The van der Waals surface area contributed by atoms with Gasteiger partial charge in [0.05, 0.1) is 17.9 Å². The van der Waals surface area contributed by atoms with E-state index in [9.17, 15) is 4.79 Å². The number of aromatic carboxylic acids is 1. The van der Waals surface area contributed by atoms with Gasteiger partial charge >= 0.3 is 5.97 Å². The molecule has 1 N–H and O–H groups in total. The molecule has 2 rings (SSSR count). The molecule has 0 amide bonds. The van der Waals surface area contributed by atoms with Gasteiger partial charge in [0.1, 0.15) is 5.76 Å². The van der Waals surface area contributed by atoms with Crippen molar-refractivity contribution in [2.24, 2.45) is 0 Å². The van der Waals surface area contributed by atoms with Crippen LogP contribution in [0, 0.1) is 0 Å². The highest BCUT2D eigenvalue weighted by Crippen LogP contribution is 2.23. The monoisotopic (exact) mass is 337 g/mol. The lowest BCUT2D eigenvalue weighted by molar-refractivity contribution is 0.0696. The van der Waals surface area contributed by atoms with Crippen molar-refractivity contribution < 1.29 is 14.3 Å². The minimum atomic E-state index is -0.930. The number of furan rings is 1. The fourth-order valence-corrected chi connectivity index (χ4v) is 2.60. The van der Waals surface area contributed by atoms with Gasteiger partial charge in [0, 0.05) is 11.0 Å². The van der Waals surface area contributed by atoms with E-state index >= 15 is 0 Å². The Labute approximate surface area is 126 Å². The van der Waals surface area contributed by atoms with Crippen LogP contribution in [0.5, 0.6) is 0 Å². The predicted molar refractivity (Wildman–Crippen MR) is 79.7 cm³/mol. The Balaban J connectivity index is 2.10. The van der Waals surface area contributed by atoms with Gasteiger partial charge in [-0.2, -0.15) is 0 Å². The van der Waals surface area contributed by atoms with Crippen LogP contribution in [-0.4, -0.2) is 23.0 Å². The third kappa shape index (κ3) is 3.29. The van der Waals surface area contributed by atoms with Gasteiger partial charge in [-0.05, 0) is 59.7 Å². The number of carboxylic acid groups (broad SMARTS) is 1. The Hall–Kier alpha value is -1.59. The lowest BCUT2D eigenvalue weighted by Gasteiger charge is -2.23. The Morgan fingerprint density at radius 3 is 2.75 bits per heavy atom. The third-order valence-electron chi connectivity index (χ3n) is 3.31. The highest BCUT2D eigenvalue weighted by molar-refractivity contribution is 9.10. The molecule has 4 nitrogen and oxygen atoms in total. The van der Waals surface area contributed by atoms with Gasteiger partial charge in [-0.15, -0.1) is 0 Å². The molecule has 0 saturated heterocycles. The maximum absolute atomic E-state index is 11.0. The van der Waals surface area contributed by atoms with Crippen molar-refractivity contribution >= 4 is 21.9 Å². The minimum Gasteiger partial charge on any atom is -0.478 e. The summed E-state index contributed by atoms with van der Waals surface area (Å²) in [5.74, 6) is -0.0190. The maximum Gasteiger partial charge on any atom is 0.336 e. The summed E-state index contributed by atoms with van der Waals surface area (Å²) in [6.45, 7) is 2.78. The van der Waals surface area contributed by atoms with Crippen LogP contribution in [-0.2, 0) is 6.54 Å². The molecule has 1 unspecified atom stereocenters. The van der Waals surface area contributed by atoms with Crippen molar-refractivity contribution in [1.82, 2.24) is 4.90 Å². The summed E-state index contributed by atoms with van der Waals surface area (Å²) in [7, 11) is 2.01. The summed E-state index contributed by atoms with van der Waals surface area (Å²) in [5.41, 5.74) is 1.32. The Kier molecular flexibility index (Phi) is 4.62. The van der Waals surface area contributed by atoms with E-state index in [1.165, 1.54) is 0 Å². The normalized spacial score (nSPS) is 12.6. The molecule has 1 aromatic carbocycles. The predicted octanol–water partition coefficient (Wildman–Crippen LogP) is 3.93. The number of carbonyl (C=O) groups is 1. The number of halogens is 1. The van der Waals surface area contributed by atoms with Gasteiger partial charge < -0.3 is 9.52 Å². The number of benzene rings is 1. The molecule has 0 saturated carbocycles. The molecule has 0 radical (unpaired) electrons. The Morgan fingerprint density at radius 2 is 2.20 bits per heavy atom. The second-order valence-corrected chi connectivity index (χ2v) is 5.58. The van der Waals surface area contributed by atoms with Gasteiger partial charge in [0.15, 0.2) is 0 Å². The fourth-order valence-electron chi connectivity index (χ4n) is 2.00. The molecule has 0 bridgehead atoms. The zero-order valence-electron chi connectivity index (χ0n) is 11.3. The van der Waals surface area contributed by atoms with E-state index < -0.39 is 5.97 Å². The third-order valence-corrected chi connectivity index (χ3v) is 3.97. The van der Waals surface area contributed by atoms with Crippen LogP contribution < -0.4 is 0 Å². The van der Waals surface area contributed by atoms with Crippen LogP contribution in [0.4, 0.5) is 0 Å². The molecular formula is C15H16BrNO3. The van der Waals surface area contributed by atoms with E-state index in [-0.39, 0.29) is 11.6 Å². The summed E-state index contributed by atoms with van der Waals surface area (Å²) in [4.78, 5) is 13.1. The van der Waals surface area contributed by atoms with Crippen molar-refractivity contribution in [3.8, 4) is 0 Å². The highest BCUT2D eigenvalue weighted by Gasteiger charge is 2.15. The van der Waals surface area contributed by atoms with Gasteiger partial charge in [-0.3, -0.25) is 4.90 Å². The minimum absolute atomic E-state index is 0.155. The van der Waals surface area contributed by atoms with Crippen molar-refractivity contribution in [2.45, 2.75) is 19.5 Å². The topological polar surface area (TPSA) is 53.7 Å². The largest absolute Gasteiger partial charge is 0.478 e. The average Bonchev–Trinajstić information content (AvgIpc) is 2.91. The molecule has 0 aliphatic carbocycles. The summed E-state index contributed by atoms with van der Waals surface area (Å²) in [6.07, 6.45) is 1.66. The second-order valence-electron chi connectivity index (χ2n) is 4.73. The molecule has 0 fully saturated rings. The van der Waals surface area contributed by atoms with E-state index in [2.05, 4.69) is 27.8 Å². The molecule has 1 atom stereocenters. The van der Waals surface area contributed by atoms with Crippen LogP contribution in [0.25, 0.3) is 0 Å². The molecule has 106 valence electrons. The van der Waals surface area contributed by atoms with E-state index in [0.29, 0.717) is 11.0 Å². The zero-order chi connectivity index (χ0) is 14.7.